The molecule has 0 aliphatic carbocycles. The molecule has 0 spiro atoms. The van der Waals surface area contributed by atoms with Crippen LogP contribution in [0, 0.1) is 0 Å². The number of nitrogens with one attached hydrogen (secondary N) is 1. The van der Waals surface area contributed by atoms with Crippen LogP contribution in [0.4, 0.5) is 0 Å². The third-order valence-electron chi connectivity index (χ3n) is 5.14. The van der Waals surface area contributed by atoms with Gasteiger partial charge in [0.25, 0.3) is 5.91 Å². The van der Waals surface area contributed by atoms with Crippen LogP contribution < -0.4 is 10.1 Å². The monoisotopic (exact) mass is 360 g/mol. The zero-order chi connectivity index (χ0) is 19.2. The predicted molar refractivity (Wildman–Crippen MR) is 108 cm³/mol. The highest BCUT2D eigenvalue weighted by atomic mass is 16.5. The molecule has 0 aromatic heterocycles. The second-order valence-corrected chi connectivity index (χ2v) is 8.52. The lowest BCUT2D eigenvalue weighted by molar-refractivity contribution is -0.128. The van der Waals surface area contributed by atoms with Crippen molar-refractivity contribution in [2.45, 2.75) is 77.9 Å². The van der Waals surface area contributed by atoms with E-state index in [2.05, 4.69) is 44.0 Å². The summed E-state index contributed by atoms with van der Waals surface area (Å²) in [6.07, 6.45) is 4.07. The first kappa shape index (κ1) is 20.8. The summed E-state index contributed by atoms with van der Waals surface area (Å²) in [7, 11) is 0. The second-order valence-electron chi connectivity index (χ2n) is 8.52. The quantitative estimate of drug-likeness (QED) is 0.795. The first-order valence-electron chi connectivity index (χ1n) is 10.1. The molecule has 2 rings (SSSR count). The van der Waals surface area contributed by atoms with Crippen molar-refractivity contribution >= 4 is 5.91 Å². The van der Waals surface area contributed by atoms with E-state index in [1.807, 2.05) is 25.1 Å². The summed E-state index contributed by atoms with van der Waals surface area (Å²) in [6.45, 7) is 13.9. The Kier molecular flexibility index (Phi) is 7.51. The van der Waals surface area contributed by atoms with Crippen molar-refractivity contribution in [1.29, 1.82) is 0 Å². The lowest BCUT2D eigenvalue weighted by Crippen LogP contribution is -2.48. The zero-order valence-corrected chi connectivity index (χ0v) is 17.2. The summed E-state index contributed by atoms with van der Waals surface area (Å²) in [6, 6.07) is 8.32. The van der Waals surface area contributed by atoms with Crippen molar-refractivity contribution in [2.75, 3.05) is 19.6 Å². The van der Waals surface area contributed by atoms with Crippen molar-refractivity contribution in [1.82, 2.24) is 10.2 Å². The van der Waals surface area contributed by atoms with Crippen LogP contribution in [0.15, 0.2) is 24.3 Å². The molecule has 1 heterocycles. The molecule has 1 aliphatic rings. The SMILES string of the molecule is CCCCN1CCC(NC(=O)C(C)Oc2cccc(C(C)(C)C)c2)CC1. The molecule has 1 amide bonds. The summed E-state index contributed by atoms with van der Waals surface area (Å²) < 4.78 is 5.91. The number of piperidine rings is 1. The molecule has 1 aliphatic heterocycles. The summed E-state index contributed by atoms with van der Waals surface area (Å²) in [5.74, 6) is 0.743. The maximum atomic E-state index is 12.5. The molecule has 26 heavy (non-hydrogen) atoms. The Balaban J connectivity index is 1.81. The van der Waals surface area contributed by atoms with E-state index in [0.717, 1.165) is 31.7 Å². The summed E-state index contributed by atoms with van der Waals surface area (Å²) in [4.78, 5) is 15.0. The third kappa shape index (κ3) is 6.31. The number of carbonyl (C=O) groups excluding carboxylic acids is 1. The van der Waals surface area contributed by atoms with Crippen LogP contribution in [0.3, 0.4) is 0 Å². The fraction of sp³-hybridized carbons (Fsp3) is 0.682. The number of likely N-dealkylation sites (tertiary alicyclic amines) is 1. The fourth-order valence-electron chi connectivity index (χ4n) is 3.29. The van der Waals surface area contributed by atoms with Crippen molar-refractivity contribution in [3.8, 4) is 5.75 Å². The van der Waals surface area contributed by atoms with E-state index in [1.165, 1.54) is 24.9 Å². The van der Waals surface area contributed by atoms with Gasteiger partial charge in [0.05, 0.1) is 0 Å². The summed E-state index contributed by atoms with van der Waals surface area (Å²) >= 11 is 0. The highest BCUT2D eigenvalue weighted by molar-refractivity contribution is 5.81. The molecular formula is C22H36N2O2. The van der Waals surface area contributed by atoms with Crippen molar-refractivity contribution in [2.24, 2.45) is 0 Å². The van der Waals surface area contributed by atoms with Crippen molar-refractivity contribution in [3.63, 3.8) is 0 Å². The van der Waals surface area contributed by atoms with Crippen molar-refractivity contribution < 1.29 is 9.53 Å². The molecule has 0 radical (unpaired) electrons. The molecule has 1 fully saturated rings. The highest BCUT2D eigenvalue weighted by Gasteiger charge is 2.23. The molecule has 146 valence electrons. The van der Waals surface area contributed by atoms with Crippen LogP contribution in [-0.4, -0.2) is 42.6 Å². The number of hydrogen-bond acceptors (Lipinski definition) is 3. The van der Waals surface area contributed by atoms with Gasteiger partial charge in [0, 0.05) is 19.1 Å². The maximum absolute atomic E-state index is 12.5. The normalized spacial score (nSPS) is 17.7. The van der Waals surface area contributed by atoms with E-state index in [4.69, 9.17) is 4.74 Å². The first-order valence-corrected chi connectivity index (χ1v) is 10.1. The van der Waals surface area contributed by atoms with E-state index >= 15 is 0 Å². The molecule has 0 saturated carbocycles. The molecule has 1 atom stereocenters. The average Bonchev–Trinajstić information content (AvgIpc) is 2.60. The zero-order valence-electron chi connectivity index (χ0n) is 17.2. The van der Waals surface area contributed by atoms with Gasteiger partial charge in [0.1, 0.15) is 5.75 Å². The minimum absolute atomic E-state index is 0.0156. The average molecular weight is 361 g/mol. The fourth-order valence-corrected chi connectivity index (χ4v) is 3.29. The van der Waals surface area contributed by atoms with Gasteiger partial charge in [-0.05, 0) is 55.8 Å². The van der Waals surface area contributed by atoms with Gasteiger partial charge in [-0.1, -0.05) is 46.2 Å². The minimum Gasteiger partial charge on any atom is -0.481 e. The Labute approximate surface area is 159 Å². The molecule has 1 aromatic carbocycles. The van der Waals surface area contributed by atoms with Crippen LogP contribution in [0.2, 0.25) is 0 Å². The van der Waals surface area contributed by atoms with Crippen LogP contribution in [-0.2, 0) is 10.2 Å². The van der Waals surface area contributed by atoms with Gasteiger partial charge in [-0.15, -0.1) is 0 Å². The smallest absolute Gasteiger partial charge is 0.260 e. The van der Waals surface area contributed by atoms with Gasteiger partial charge in [-0.2, -0.15) is 0 Å². The Morgan fingerprint density at radius 2 is 2.00 bits per heavy atom. The van der Waals surface area contributed by atoms with Gasteiger partial charge in [-0.3, -0.25) is 4.79 Å². The van der Waals surface area contributed by atoms with Gasteiger partial charge in [-0.25, -0.2) is 0 Å². The van der Waals surface area contributed by atoms with Crippen LogP contribution in [0.5, 0.6) is 5.75 Å². The number of ether oxygens (including phenoxy) is 1. The first-order chi connectivity index (χ1) is 12.3. The number of amides is 1. The van der Waals surface area contributed by atoms with Gasteiger partial charge in [0.2, 0.25) is 0 Å². The van der Waals surface area contributed by atoms with Crippen LogP contribution in [0.25, 0.3) is 0 Å². The summed E-state index contributed by atoms with van der Waals surface area (Å²) in [5, 5.41) is 3.17. The molecular weight excluding hydrogens is 324 g/mol. The number of hydrogen-bond donors (Lipinski definition) is 1. The van der Waals surface area contributed by atoms with Gasteiger partial charge >= 0.3 is 0 Å². The van der Waals surface area contributed by atoms with E-state index in [0.29, 0.717) is 0 Å². The number of carbonyl (C=O) groups is 1. The van der Waals surface area contributed by atoms with Gasteiger partial charge in [0.15, 0.2) is 6.10 Å². The molecule has 4 nitrogen and oxygen atoms in total. The van der Waals surface area contributed by atoms with Gasteiger partial charge < -0.3 is 15.0 Å². The molecule has 4 heteroatoms. The number of rotatable bonds is 7. The predicted octanol–water partition coefficient (Wildman–Crippen LogP) is 4.13. The highest BCUT2D eigenvalue weighted by Crippen LogP contribution is 2.26. The van der Waals surface area contributed by atoms with E-state index in [-0.39, 0.29) is 17.4 Å². The lowest BCUT2D eigenvalue weighted by Gasteiger charge is -2.32. The van der Waals surface area contributed by atoms with E-state index in [1.54, 1.807) is 0 Å². The van der Waals surface area contributed by atoms with Crippen molar-refractivity contribution in [3.05, 3.63) is 29.8 Å². The number of nitrogens with zero attached hydrogens (tertiary/aromatic N) is 1. The molecule has 1 saturated heterocycles. The van der Waals surface area contributed by atoms with E-state index < -0.39 is 6.10 Å². The van der Waals surface area contributed by atoms with Crippen LogP contribution in [0.1, 0.15) is 65.9 Å². The Morgan fingerprint density at radius 3 is 2.62 bits per heavy atom. The number of benzene rings is 1. The molecule has 0 bridgehead atoms. The summed E-state index contributed by atoms with van der Waals surface area (Å²) in [5.41, 5.74) is 1.28. The second kappa shape index (κ2) is 9.40. The Bertz CT molecular complexity index is 572. The number of unbranched alkanes of at least 4 members (excludes halogenated alkanes) is 1. The lowest BCUT2D eigenvalue weighted by atomic mass is 9.87. The Morgan fingerprint density at radius 1 is 1.31 bits per heavy atom. The third-order valence-corrected chi connectivity index (χ3v) is 5.14. The molecule has 1 unspecified atom stereocenters. The Hall–Kier alpha value is -1.55. The topological polar surface area (TPSA) is 41.6 Å². The van der Waals surface area contributed by atoms with Crippen LogP contribution >= 0.6 is 0 Å². The van der Waals surface area contributed by atoms with E-state index in [9.17, 15) is 4.79 Å². The molecule has 1 N–H and O–H groups in total. The maximum Gasteiger partial charge on any atom is 0.260 e. The largest absolute Gasteiger partial charge is 0.481 e. The standard InChI is InChI=1S/C22H36N2O2/c1-6-7-13-24-14-11-19(12-15-24)23-21(25)17(2)26-20-10-8-9-18(16-20)22(3,4)5/h8-10,16-17,19H,6-7,11-15H2,1-5H3,(H,23,25). The minimum atomic E-state index is -0.483. The molecule has 1 aromatic rings.